The van der Waals surface area contributed by atoms with Crippen molar-refractivity contribution in [2.75, 3.05) is 27.4 Å². The Hall–Kier alpha value is -1.60. The summed E-state index contributed by atoms with van der Waals surface area (Å²) in [7, 11) is -0.433. The second kappa shape index (κ2) is 7.19. The molecule has 2 aromatic carbocycles. The third-order valence-corrected chi connectivity index (χ3v) is 7.72. The summed E-state index contributed by atoms with van der Waals surface area (Å²) in [6.07, 6.45) is 0. The van der Waals surface area contributed by atoms with Crippen molar-refractivity contribution < 1.29 is 17.9 Å². The fourth-order valence-electron chi connectivity index (χ4n) is 3.77. The first-order valence-electron chi connectivity index (χ1n) is 8.23. The Bertz CT molecular complexity index is 867. The van der Waals surface area contributed by atoms with Gasteiger partial charge in [0.1, 0.15) is 5.75 Å². The molecule has 2 aromatic rings. The van der Waals surface area contributed by atoms with Gasteiger partial charge < -0.3 is 15.2 Å². The molecule has 5 nitrogen and oxygen atoms in total. The van der Waals surface area contributed by atoms with E-state index in [0.29, 0.717) is 5.02 Å². The Morgan fingerprint density at radius 3 is 2.19 bits per heavy atom. The average molecular weight is 396 g/mol. The van der Waals surface area contributed by atoms with Crippen LogP contribution in [-0.2, 0) is 14.6 Å². The Kier molecular flexibility index (Phi) is 5.30. The second-order valence-electron chi connectivity index (χ2n) is 6.54. The monoisotopic (exact) mass is 395 g/mol. The number of halogens is 1. The van der Waals surface area contributed by atoms with Gasteiger partial charge in [-0.1, -0.05) is 23.7 Å². The lowest BCUT2D eigenvalue weighted by atomic mass is 10.00. The van der Waals surface area contributed by atoms with Gasteiger partial charge in [0, 0.05) is 30.0 Å². The smallest absolute Gasteiger partial charge is 0.182 e. The van der Waals surface area contributed by atoms with Gasteiger partial charge in [0.25, 0.3) is 0 Å². The number of benzene rings is 2. The summed E-state index contributed by atoms with van der Waals surface area (Å²) in [6, 6.07) is 13.7. The minimum Gasteiger partial charge on any atom is -0.497 e. The van der Waals surface area contributed by atoms with Crippen LogP contribution >= 0.6 is 11.6 Å². The van der Waals surface area contributed by atoms with E-state index in [4.69, 9.17) is 26.8 Å². The first kappa shape index (κ1) is 19.2. The quantitative estimate of drug-likeness (QED) is 0.779. The van der Waals surface area contributed by atoms with Gasteiger partial charge in [-0.25, -0.2) is 8.42 Å². The molecule has 0 spiro atoms. The molecule has 140 valence electrons. The number of nitrogens with two attached hydrogens (primary N) is 1. The lowest BCUT2D eigenvalue weighted by molar-refractivity contribution is 0.142. The normalized spacial score (nSPS) is 25.1. The third kappa shape index (κ3) is 3.11. The standard InChI is InChI=1S/C19H22ClNO4S/c1-24-12-19(11-21)17(13-3-7-15(25-2)8-4-13)18(19)26(22,23)16-9-5-14(20)6-10-16/h3-10,17-18H,11-12,21H2,1-2H3/t17-,18+,19+/m0/s1. The van der Waals surface area contributed by atoms with E-state index in [1.807, 2.05) is 24.3 Å². The van der Waals surface area contributed by atoms with Crippen LogP contribution in [-0.4, -0.2) is 41.0 Å². The molecule has 26 heavy (non-hydrogen) atoms. The number of ether oxygens (including phenoxy) is 2. The summed E-state index contributed by atoms with van der Waals surface area (Å²) in [4.78, 5) is 0.247. The number of hydrogen-bond donors (Lipinski definition) is 1. The van der Waals surface area contributed by atoms with Gasteiger partial charge in [-0.15, -0.1) is 0 Å². The molecule has 0 bridgehead atoms. The van der Waals surface area contributed by atoms with E-state index >= 15 is 0 Å². The van der Waals surface area contributed by atoms with E-state index in [1.54, 1.807) is 26.4 Å². The van der Waals surface area contributed by atoms with Crippen molar-refractivity contribution in [2.24, 2.45) is 11.1 Å². The molecular formula is C19H22ClNO4S. The molecule has 3 rings (SSSR count). The fourth-order valence-corrected chi connectivity index (χ4v) is 6.34. The van der Waals surface area contributed by atoms with Crippen molar-refractivity contribution >= 4 is 21.4 Å². The van der Waals surface area contributed by atoms with E-state index < -0.39 is 20.5 Å². The second-order valence-corrected chi connectivity index (χ2v) is 9.05. The molecular weight excluding hydrogens is 374 g/mol. The highest BCUT2D eigenvalue weighted by atomic mass is 35.5. The van der Waals surface area contributed by atoms with Crippen molar-refractivity contribution in [3.8, 4) is 5.75 Å². The highest BCUT2D eigenvalue weighted by molar-refractivity contribution is 7.92. The van der Waals surface area contributed by atoms with Gasteiger partial charge >= 0.3 is 0 Å². The van der Waals surface area contributed by atoms with Crippen molar-refractivity contribution in [3.05, 3.63) is 59.1 Å². The Balaban J connectivity index is 2.03. The zero-order chi connectivity index (χ0) is 18.9. The van der Waals surface area contributed by atoms with E-state index in [0.717, 1.165) is 11.3 Å². The minimum atomic E-state index is -3.59. The summed E-state index contributed by atoms with van der Waals surface area (Å²) < 4.78 is 37.1. The van der Waals surface area contributed by atoms with Crippen LogP contribution in [0.1, 0.15) is 11.5 Å². The maximum Gasteiger partial charge on any atom is 0.182 e. The van der Waals surface area contributed by atoms with Crippen LogP contribution < -0.4 is 10.5 Å². The summed E-state index contributed by atoms with van der Waals surface area (Å²) in [5.74, 6) is 0.482. The van der Waals surface area contributed by atoms with Gasteiger partial charge in [-0.3, -0.25) is 0 Å². The van der Waals surface area contributed by atoms with Crippen molar-refractivity contribution in [3.63, 3.8) is 0 Å². The van der Waals surface area contributed by atoms with Crippen molar-refractivity contribution in [2.45, 2.75) is 16.1 Å². The number of methoxy groups -OCH3 is 2. The van der Waals surface area contributed by atoms with Gasteiger partial charge in [-0.2, -0.15) is 0 Å². The SMILES string of the molecule is COC[C@@]1(CN)[C@H](S(=O)(=O)c2ccc(Cl)cc2)[C@@H]1c1ccc(OC)cc1. The predicted octanol–water partition coefficient (Wildman–Crippen LogP) is 2.88. The van der Waals surface area contributed by atoms with Crippen LogP contribution in [0, 0.1) is 5.41 Å². The van der Waals surface area contributed by atoms with Gasteiger partial charge in [0.2, 0.25) is 0 Å². The molecule has 3 atom stereocenters. The maximum absolute atomic E-state index is 13.3. The molecule has 0 aromatic heterocycles. The van der Waals surface area contributed by atoms with Crippen molar-refractivity contribution in [1.29, 1.82) is 0 Å². The summed E-state index contributed by atoms with van der Waals surface area (Å²) in [5.41, 5.74) is 6.30. The van der Waals surface area contributed by atoms with Gasteiger partial charge in [0.05, 0.1) is 23.9 Å². The van der Waals surface area contributed by atoms with Crippen molar-refractivity contribution in [1.82, 2.24) is 0 Å². The molecule has 0 heterocycles. The molecule has 0 unspecified atom stereocenters. The number of sulfone groups is 1. The molecule has 0 aliphatic heterocycles. The lowest BCUT2D eigenvalue weighted by Gasteiger charge is -2.15. The summed E-state index contributed by atoms with van der Waals surface area (Å²) >= 11 is 5.90. The Morgan fingerprint density at radius 1 is 1.08 bits per heavy atom. The highest BCUT2D eigenvalue weighted by Gasteiger charge is 2.70. The summed E-state index contributed by atoms with van der Waals surface area (Å²) in [6.45, 7) is 0.493. The van der Waals surface area contributed by atoms with E-state index in [-0.39, 0.29) is 24.0 Å². The molecule has 7 heteroatoms. The molecule has 1 saturated carbocycles. The van der Waals surface area contributed by atoms with E-state index in [2.05, 4.69) is 0 Å². The largest absolute Gasteiger partial charge is 0.497 e. The van der Waals surface area contributed by atoms with Crippen LogP contribution in [0.15, 0.2) is 53.4 Å². The molecule has 2 N–H and O–H groups in total. The van der Waals surface area contributed by atoms with Crippen LogP contribution in [0.2, 0.25) is 5.02 Å². The van der Waals surface area contributed by atoms with Crippen LogP contribution in [0.4, 0.5) is 0 Å². The maximum atomic E-state index is 13.3. The van der Waals surface area contributed by atoms with Crippen LogP contribution in [0.25, 0.3) is 0 Å². The first-order valence-corrected chi connectivity index (χ1v) is 10.2. The molecule has 1 fully saturated rings. The van der Waals surface area contributed by atoms with E-state index in [9.17, 15) is 8.42 Å². The molecule has 1 aliphatic carbocycles. The lowest BCUT2D eigenvalue weighted by Crippen LogP contribution is -2.28. The number of rotatable bonds is 7. The average Bonchev–Trinajstić information content (AvgIpc) is 3.32. The Morgan fingerprint density at radius 2 is 1.69 bits per heavy atom. The van der Waals surface area contributed by atoms with E-state index in [1.165, 1.54) is 12.1 Å². The Labute approximate surface area is 159 Å². The third-order valence-electron chi connectivity index (χ3n) is 5.12. The zero-order valence-corrected chi connectivity index (χ0v) is 16.3. The predicted molar refractivity (Wildman–Crippen MR) is 102 cm³/mol. The molecule has 1 aliphatic rings. The molecule has 0 saturated heterocycles. The minimum absolute atomic E-state index is 0.217. The zero-order valence-electron chi connectivity index (χ0n) is 14.7. The molecule has 0 radical (unpaired) electrons. The van der Waals surface area contributed by atoms with Crippen LogP contribution in [0.3, 0.4) is 0 Å². The highest BCUT2D eigenvalue weighted by Crippen LogP contribution is 2.63. The topological polar surface area (TPSA) is 78.6 Å². The van der Waals surface area contributed by atoms with Crippen LogP contribution in [0.5, 0.6) is 5.75 Å². The molecule has 0 amide bonds. The fraction of sp³-hybridized carbons (Fsp3) is 0.368. The first-order chi connectivity index (χ1) is 12.4. The summed E-state index contributed by atoms with van der Waals surface area (Å²) in [5, 5.41) is -0.150. The van der Waals surface area contributed by atoms with Gasteiger partial charge in [0.15, 0.2) is 9.84 Å². The number of hydrogen-bond acceptors (Lipinski definition) is 5. The van der Waals surface area contributed by atoms with Gasteiger partial charge in [-0.05, 0) is 42.0 Å².